The number of hydrogen-bond donors (Lipinski definition) is 0. The summed E-state index contributed by atoms with van der Waals surface area (Å²) in [6.45, 7) is 1.92. The molecule has 2 aromatic rings. The lowest BCUT2D eigenvalue weighted by Gasteiger charge is -1.78. The van der Waals surface area contributed by atoms with Crippen LogP contribution in [0.5, 0.6) is 0 Å². The first-order chi connectivity index (χ1) is 5.36. The first-order valence-electron chi connectivity index (χ1n) is 2.93. The van der Waals surface area contributed by atoms with Crippen molar-refractivity contribution in [2.75, 3.05) is 0 Å². The molecule has 6 heteroatoms. The zero-order valence-corrected chi connectivity index (χ0v) is 7.32. The minimum atomic E-state index is 0.843. The lowest BCUT2D eigenvalue weighted by atomic mass is 10.8. The molecule has 11 heavy (non-hydrogen) atoms. The molecule has 0 spiro atoms. The maximum atomic E-state index is 3.93. The molecule has 2 rings (SSSR count). The molecule has 0 unspecified atom stereocenters. The summed E-state index contributed by atoms with van der Waals surface area (Å²) in [5.41, 5.74) is 1.69. The lowest BCUT2D eigenvalue weighted by molar-refractivity contribution is 1.04. The monoisotopic (exact) mass is 184 g/mol. The lowest BCUT2D eigenvalue weighted by Crippen LogP contribution is -1.74. The fourth-order valence-corrected chi connectivity index (χ4v) is 1.92. The molecule has 0 aromatic carbocycles. The van der Waals surface area contributed by atoms with Gasteiger partial charge in [0.2, 0.25) is 0 Å². The van der Waals surface area contributed by atoms with Crippen LogP contribution in [0, 0.1) is 6.92 Å². The van der Waals surface area contributed by atoms with E-state index in [0.717, 1.165) is 15.0 Å². The molecule has 0 radical (unpaired) electrons. The highest BCUT2D eigenvalue weighted by atomic mass is 32.1. The van der Waals surface area contributed by atoms with Crippen molar-refractivity contribution in [3.8, 4) is 10.0 Å². The zero-order chi connectivity index (χ0) is 7.68. The van der Waals surface area contributed by atoms with E-state index in [0.29, 0.717) is 0 Å². The van der Waals surface area contributed by atoms with E-state index in [9.17, 15) is 0 Å². The number of aromatic nitrogens is 4. The van der Waals surface area contributed by atoms with Crippen LogP contribution >= 0.6 is 22.7 Å². The van der Waals surface area contributed by atoms with Crippen LogP contribution in [0.15, 0.2) is 5.51 Å². The Hall–Kier alpha value is -0.880. The molecule has 0 N–H and O–H groups in total. The van der Waals surface area contributed by atoms with Gasteiger partial charge < -0.3 is 0 Å². The van der Waals surface area contributed by atoms with Crippen molar-refractivity contribution in [3.05, 3.63) is 10.5 Å². The normalized spacial score (nSPS) is 10.3. The van der Waals surface area contributed by atoms with Crippen molar-refractivity contribution < 1.29 is 0 Å². The molecule has 0 aliphatic carbocycles. The third-order valence-corrected chi connectivity index (χ3v) is 2.74. The van der Waals surface area contributed by atoms with Crippen molar-refractivity contribution in [3.63, 3.8) is 0 Å². The van der Waals surface area contributed by atoms with Gasteiger partial charge >= 0.3 is 0 Å². The predicted octanol–water partition coefficient (Wildman–Crippen LogP) is 1.37. The molecule has 0 bridgehead atoms. The Bertz CT molecular complexity index is 339. The zero-order valence-electron chi connectivity index (χ0n) is 5.68. The highest BCUT2D eigenvalue weighted by Crippen LogP contribution is 2.23. The van der Waals surface area contributed by atoms with E-state index >= 15 is 0 Å². The van der Waals surface area contributed by atoms with E-state index in [1.165, 1.54) is 22.7 Å². The molecule has 0 atom stereocenters. The van der Waals surface area contributed by atoms with E-state index in [2.05, 4.69) is 20.4 Å². The summed E-state index contributed by atoms with van der Waals surface area (Å²) in [5, 5.41) is 18.1. The largest absolute Gasteiger partial charge is 0.178 e. The third kappa shape index (κ3) is 1.26. The second-order valence-electron chi connectivity index (χ2n) is 1.87. The maximum absolute atomic E-state index is 3.93. The van der Waals surface area contributed by atoms with E-state index < -0.39 is 0 Å². The van der Waals surface area contributed by atoms with Crippen LogP contribution in [0.25, 0.3) is 10.0 Å². The van der Waals surface area contributed by atoms with Gasteiger partial charge in [0.1, 0.15) is 10.5 Å². The van der Waals surface area contributed by atoms with Gasteiger partial charge in [-0.25, -0.2) is 0 Å². The van der Waals surface area contributed by atoms with Gasteiger partial charge in [-0.1, -0.05) is 22.7 Å². The summed E-state index contributed by atoms with van der Waals surface area (Å²) < 4.78 is 0. The number of nitrogens with zero attached hydrogens (tertiary/aromatic N) is 4. The SMILES string of the molecule is Cc1nnc(-c2nncs2)s1. The van der Waals surface area contributed by atoms with E-state index in [4.69, 9.17) is 0 Å². The van der Waals surface area contributed by atoms with Gasteiger partial charge in [-0.05, 0) is 6.92 Å². The summed E-state index contributed by atoms with van der Waals surface area (Å²) in [7, 11) is 0. The minimum absolute atomic E-state index is 0.843. The Labute approximate surface area is 70.9 Å². The fourth-order valence-electron chi connectivity index (χ4n) is 0.649. The van der Waals surface area contributed by atoms with Crippen LogP contribution in [0.1, 0.15) is 5.01 Å². The van der Waals surface area contributed by atoms with Gasteiger partial charge in [0, 0.05) is 0 Å². The van der Waals surface area contributed by atoms with Gasteiger partial charge in [0.25, 0.3) is 0 Å². The average Bonchev–Trinajstić information content (AvgIpc) is 2.55. The van der Waals surface area contributed by atoms with Crippen molar-refractivity contribution in [2.45, 2.75) is 6.92 Å². The van der Waals surface area contributed by atoms with Gasteiger partial charge in [-0.3, -0.25) is 0 Å². The Morgan fingerprint density at radius 2 is 2.09 bits per heavy atom. The second-order valence-corrected chi connectivity index (χ2v) is 3.88. The van der Waals surface area contributed by atoms with Crippen LogP contribution in [-0.4, -0.2) is 20.4 Å². The van der Waals surface area contributed by atoms with E-state index in [1.807, 2.05) is 6.92 Å². The number of rotatable bonds is 1. The molecule has 2 heterocycles. The molecule has 0 saturated heterocycles. The molecular formula is C5H4N4S2. The fraction of sp³-hybridized carbons (Fsp3) is 0.200. The third-order valence-electron chi connectivity index (χ3n) is 1.07. The van der Waals surface area contributed by atoms with Crippen LogP contribution < -0.4 is 0 Å². The number of hydrogen-bond acceptors (Lipinski definition) is 6. The highest BCUT2D eigenvalue weighted by Gasteiger charge is 2.05. The minimum Gasteiger partial charge on any atom is -0.147 e. The molecule has 56 valence electrons. The van der Waals surface area contributed by atoms with Crippen molar-refractivity contribution >= 4 is 22.7 Å². The molecule has 0 amide bonds. The highest BCUT2D eigenvalue weighted by molar-refractivity contribution is 7.20. The van der Waals surface area contributed by atoms with Gasteiger partial charge in [0.15, 0.2) is 10.0 Å². The van der Waals surface area contributed by atoms with Crippen LogP contribution in [0.4, 0.5) is 0 Å². The van der Waals surface area contributed by atoms with Gasteiger partial charge in [0.05, 0.1) is 0 Å². The van der Waals surface area contributed by atoms with E-state index in [1.54, 1.807) is 5.51 Å². The molecule has 0 aliphatic heterocycles. The number of aryl methyl sites for hydroxylation is 1. The van der Waals surface area contributed by atoms with Gasteiger partial charge in [-0.2, -0.15) is 0 Å². The Morgan fingerprint density at radius 1 is 1.18 bits per heavy atom. The molecular weight excluding hydrogens is 180 g/mol. The summed E-state index contributed by atoms with van der Waals surface area (Å²) in [6.07, 6.45) is 0. The average molecular weight is 184 g/mol. The topological polar surface area (TPSA) is 51.6 Å². The van der Waals surface area contributed by atoms with Crippen molar-refractivity contribution in [1.82, 2.24) is 20.4 Å². The van der Waals surface area contributed by atoms with Crippen LogP contribution in [0.2, 0.25) is 0 Å². The smallest absolute Gasteiger partial charge is 0.147 e. The van der Waals surface area contributed by atoms with Crippen molar-refractivity contribution in [1.29, 1.82) is 0 Å². The maximum Gasteiger partial charge on any atom is 0.178 e. The standard InChI is InChI=1S/C5H4N4S2/c1-3-7-9-5(11-3)4-8-6-2-10-4/h2H,1H3. The van der Waals surface area contributed by atoms with E-state index in [-0.39, 0.29) is 0 Å². The predicted molar refractivity (Wildman–Crippen MR) is 43.5 cm³/mol. The van der Waals surface area contributed by atoms with Crippen LogP contribution in [-0.2, 0) is 0 Å². The Kier molecular flexibility index (Phi) is 1.63. The quantitative estimate of drug-likeness (QED) is 0.671. The summed E-state index contributed by atoms with van der Waals surface area (Å²) in [6, 6.07) is 0. The summed E-state index contributed by atoms with van der Waals surface area (Å²) in [4.78, 5) is 0. The molecule has 0 aliphatic rings. The van der Waals surface area contributed by atoms with Gasteiger partial charge in [-0.15, -0.1) is 20.4 Å². The van der Waals surface area contributed by atoms with Crippen molar-refractivity contribution in [2.24, 2.45) is 0 Å². The molecule has 4 nitrogen and oxygen atoms in total. The first-order valence-corrected chi connectivity index (χ1v) is 4.62. The Balaban J connectivity index is 2.45. The van der Waals surface area contributed by atoms with Crippen LogP contribution in [0.3, 0.4) is 0 Å². The first kappa shape index (κ1) is 6.81. The second kappa shape index (κ2) is 2.63. The molecule has 0 saturated carbocycles. The summed E-state index contributed by atoms with van der Waals surface area (Å²) in [5.74, 6) is 0. The molecule has 2 aromatic heterocycles. The summed E-state index contributed by atoms with van der Waals surface area (Å²) >= 11 is 3.01. The Morgan fingerprint density at radius 3 is 2.64 bits per heavy atom. The molecule has 0 fully saturated rings.